The van der Waals surface area contributed by atoms with E-state index in [1.807, 2.05) is 36.4 Å². The van der Waals surface area contributed by atoms with Crippen molar-refractivity contribution in [2.45, 2.75) is 45.0 Å². The van der Waals surface area contributed by atoms with Crippen LogP contribution >= 0.6 is 23.4 Å². The van der Waals surface area contributed by atoms with Crippen molar-refractivity contribution >= 4 is 35.2 Å². The summed E-state index contributed by atoms with van der Waals surface area (Å²) < 4.78 is 5.18. The fourth-order valence-electron chi connectivity index (χ4n) is 2.97. The predicted octanol–water partition coefficient (Wildman–Crippen LogP) is 4.92. The molecule has 2 aromatic rings. The highest BCUT2D eigenvalue weighted by molar-refractivity contribution is 7.99. The summed E-state index contributed by atoms with van der Waals surface area (Å²) in [7, 11) is 1.64. The van der Waals surface area contributed by atoms with Crippen LogP contribution in [0.1, 0.15) is 37.8 Å². The summed E-state index contributed by atoms with van der Waals surface area (Å²) in [5.41, 5.74) is 2.05. The number of halogens is 1. The first-order valence-corrected chi connectivity index (χ1v) is 12.0. The van der Waals surface area contributed by atoms with Gasteiger partial charge in [0.15, 0.2) is 0 Å². The highest BCUT2D eigenvalue weighted by atomic mass is 35.5. The summed E-state index contributed by atoms with van der Waals surface area (Å²) >= 11 is 7.52. The molecule has 0 bridgehead atoms. The Morgan fingerprint density at radius 2 is 1.74 bits per heavy atom. The molecule has 0 fully saturated rings. The maximum atomic E-state index is 13.1. The van der Waals surface area contributed by atoms with Gasteiger partial charge in [-0.15, -0.1) is 11.8 Å². The average Bonchev–Trinajstić information content (AvgIpc) is 2.78. The second-order valence-corrected chi connectivity index (χ2v) is 8.73. The van der Waals surface area contributed by atoms with Gasteiger partial charge in [-0.25, -0.2) is 0 Å². The molecule has 0 heterocycles. The molecule has 2 aromatic carbocycles. The molecule has 0 aliphatic carbocycles. The van der Waals surface area contributed by atoms with Crippen LogP contribution in [0.3, 0.4) is 0 Å². The number of methoxy groups -OCH3 is 1. The van der Waals surface area contributed by atoms with Gasteiger partial charge in [-0.05, 0) is 48.7 Å². The Morgan fingerprint density at radius 1 is 1.10 bits per heavy atom. The molecule has 1 N–H and O–H groups in total. The van der Waals surface area contributed by atoms with Gasteiger partial charge >= 0.3 is 0 Å². The van der Waals surface area contributed by atoms with Crippen molar-refractivity contribution in [1.29, 1.82) is 0 Å². The van der Waals surface area contributed by atoms with Gasteiger partial charge in [-0.2, -0.15) is 0 Å². The van der Waals surface area contributed by atoms with Crippen LogP contribution in [0.5, 0.6) is 5.75 Å². The molecule has 1 atom stereocenters. The molecule has 7 heteroatoms. The minimum Gasteiger partial charge on any atom is -0.497 e. The van der Waals surface area contributed by atoms with Crippen LogP contribution in [0.25, 0.3) is 0 Å². The van der Waals surface area contributed by atoms with Crippen LogP contribution in [0.2, 0.25) is 5.02 Å². The molecule has 0 aromatic heterocycles. The first kappa shape index (κ1) is 25.1. The third kappa shape index (κ3) is 8.46. The second kappa shape index (κ2) is 13.3. The zero-order chi connectivity index (χ0) is 22.6. The molecule has 31 heavy (non-hydrogen) atoms. The Morgan fingerprint density at radius 3 is 2.35 bits per heavy atom. The van der Waals surface area contributed by atoms with Crippen molar-refractivity contribution in [3.05, 3.63) is 64.7 Å². The van der Waals surface area contributed by atoms with Crippen molar-refractivity contribution in [2.75, 3.05) is 19.4 Å². The molecule has 0 radical (unpaired) electrons. The maximum Gasteiger partial charge on any atom is 0.242 e. The summed E-state index contributed by atoms with van der Waals surface area (Å²) in [6.07, 6.45) is 1.92. The SMILES string of the molecule is CCCCNC(=O)[C@H](C)N(Cc1ccc(Cl)cc1)C(=O)CSCc1ccc(OC)cc1. The molecule has 0 aliphatic rings. The summed E-state index contributed by atoms with van der Waals surface area (Å²) in [6, 6.07) is 14.6. The van der Waals surface area contributed by atoms with Crippen LogP contribution in [-0.4, -0.2) is 42.2 Å². The molecule has 0 unspecified atom stereocenters. The lowest BCUT2D eigenvalue weighted by Gasteiger charge is -2.29. The van der Waals surface area contributed by atoms with Crippen molar-refractivity contribution in [1.82, 2.24) is 10.2 Å². The van der Waals surface area contributed by atoms with E-state index in [9.17, 15) is 9.59 Å². The smallest absolute Gasteiger partial charge is 0.242 e. The predicted molar refractivity (Wildman–Crippen MR) is 129 cm³/mol. The summed E-state index contributed by atoms with van der Waals surface area (Å²) in [4.78, 5) is 27.3. The van der Waals surface area contributed by atoms with Crippen LogP contribution in [0.15, 0.2) is 48.5 Å². The summed E-state index contributed by atoms with van der Waals surface area (Å²) in [6.45, 7) is 4.84. The number of hydrogen-bond acceptors (Lipinski definition) is 4. The quantitative estimate of drug-likeness (QED) is 0.455. The number of nitrogens with zero attached hydrogens (tertiary/aromatic N) is 1. The molecular formula is C24H31ClN2O3S. The Balaban J connectivity index is 2.01. The Hall–Kier alpha value is -2.18. The Kier molecular flexibility index (Phi) is 10.7. The molecule has 0 saturated carbocycles. The molecule has 5 nitrogen and oxygen atoms in total. The van der Waals surface area contributed by atoms with E-state index in [4.69, 9.17) is 16.3 Å². The van der Waals surface area contributed by atoms with Gasteiger partial charge in [-0.3, -0.25) is 9.59 Å². The number of nitrogens with one attached hydrogen (secondary N) is 1. The number of benzene rings is 2. The van der Waals surface area contributed by atoms with Gasteiger partial charge in [0.25, 0.3) is 0 Å². The van der Waals surface area contributed by atoms with Gasteiger partial charge < -0.3 is 15.0 Å². The number of ether oxygens (including phenoxy) is 1. The highest BCUT2D eigenvalue weighted by Crippen LogP contribution is 2.19. The minimum atomic E-state index is -0.554. The Labute approximate surface area is 194 Å². The topological polar surface area (TPSA) is 58.6 Å². The first-order chi connectivity index (χ1) is 14.9. The lowest BCUT2D eigenvalue weighted by atomic mass is 10.1. The van der Waals surface area contributed by atoms with E-state index in [2.05, 4.69) is 12.2 Å². The van der Waals surface area contributed by atoms with E-state index in [1.165, 1.54) is 11.8 Å². The normalized spacial score (nSPS) is 11.6. The van der Waals surface area contributed by atoms with E-state index in [-0.39, 0.29) is 11.8 Å². The van der Waals surface area contributed by atoms with Gasteiger partial charge in [0, 0.05) is 23.9 Å². The molecule has 2 amide bonds. The van der Waals surface area contributed by atoms with E-state index in [0.29, 0.717) is 29.6 Å². The number of unbranched alkanes of at least 4 members (excludes halogenated alkanes) is 1. The van der Waals surface area contributed by atoms with E-state index in [1.54, 1.807) is 31.1 Å². The molecular weight excluding hydrogens is 432 g/mol. The molecule has 0 aliphatic heterocycles. The van der Waals surface area contributed by atoms with E-state index < -0.39 is 6.04 Å². The van der Waals surface area contributed by atoms with Gasteiger partial charge in [0.1, 0.15) is 11.8 Å². The lowest BCUT2D eigenvalue weighted by Crippen LogP contribution is -2.48. The zero-order valence-electron chi connectivity index (χ0n) is 18.4. The molecule has 168 valence electrons. The fourth-order valence-corrected chi connectivity index (χ4v) is 3.96. The average molecular weight is 463 g/mol. The standard InChI is InChI=1S/C24H31ClN2O3S/c1-4-5-14-26-24(29)18(2)27(15-19-6-10-21(25)11-7-19)23(28)17-31-16-20-8-12-22(30-3)13-9-20/h6-13,18H,4-5,14-17H2,1-3H3,(H,26,29)/t18-/m0/s1. The summed E-state index contributed by atoms with van der Waals surface area (Å²) in [5.74, 6) is 1.62. The fraction of sp³-hybridized carbons (Fsp3) is 0.417. The third-order valence-corrected chi connectivity index (χ3v) is 6.16. The van der Waals surface area contributed by atoms with Crippen molar-refractivity contribution in [3.8, 4) is 5.75 Å². The number of carbonyl (C=O) groups is 2. The maximum absolute atomic E-state index is 13.1. The van der Waals surface area contributed by atoms with Crippen LogP contribution < -0.4 is 10.1 Å². The third-order valence-electron chi connectivity index (χ3n) is 4.92. The van der Waals surface area contributed by atoms with Crippen LogP contribution in [0, 0.1) is 0 Å². The summed E-state index contributed by atoms with van der Waals surface area (Å²) in [5, 5.41) is 3.57. The van der Waals surface area contributed by atoms with Crippen molar-refractivity contribution in [2.24, 2.45) is 0 Å². The van der Waals surface area contributed by atoms with Crippen LogP contribution in [0.4, 0.5) is 0 Å². The van der Waals surface area contributed by atoms with E-state index >= 15 is 0 Å². The molecule has 2 rings (SSSR count). The van der Waals surface area contributed by atoms with E-state index in [0.717, 1.165) is 29.7 Å². The van der Waals surface area contributed by atoms with Crippen molar-refractivity contribution in [3.63, 3.8) is 0 Å². The van der Waals surface area contributed by atoms with Gasteiger partial charge in [-0.1, -0.05) is 49.2 Å². The van der Waals surface area contributed by atoms with Crippen LogP contribution in [-0.2, 0) is 21.9 Å². The number of hydrogen-bond donors (Lipinski definition) is 1. The van der Waals surface area contributed by atoms with Gasteiger partial charge in [0.05, 0.1) is 12.9 Å². The Bertz CT molecular complexity index is 828. The number of thioether (sulfide) groups is 1. The molecule has 0 saturated heterocycles. The number of rotatable bonds is 12. The van der Waals surface area contributed by atoms with Gasteiger partial charge in [0.2, 0.25) is 11.8 Å². The highest BCUT2D eigenvalue weighted by Gasteiger charge is 2.25. The first-order valence-electron chi connectivity index (χ1n) is 10.5. The largest absolute Gasteiger partial charge is 0.497 e. The molecule has 0 spiro atoms. The zero-order valence-corrected chi connectivity index (χ0v) is 20.0. The number of carbonyl (C=O) groups excluding carboxylic acids is 2. The second-order valence-electron chi connectivity index (χ2n) is 7.31. The minimum absolute atomic E-state index is 0.0633. The lowest BCUT2D eigenvalue weighted by molar-refractivity contribution is -0.138. The number of amides is 2. The van der Waals surface area contributed by atoms with Crippen molar-refractivity contribution < 1.29 is 14.3 Å². The monoisotopic (exact) mass is 462 g/mol.